The molecule has 0 amide bonds. The summed E-state index contributed by atoms with van der Waals surface area (Å²) in [5.41, 5.74) is 0.615. The van der Waals surface area contributed by atoms with Crippen molar-refractivity contribution in [1.82, 2.24) is 25.3 Å². The van der Waals surface area contributed by atoms with E-state index in [4.69, 9.17) is 8.94 Å². The van der Waals surface area contributed by atoms with Gasteiger partial charge in [-0.2, -0.15) is 4.98 Å². The topological polar surface area (TPSA) is 128 Å². The van der Waals surface area contributed by atoms with Crippen LogP contribution in [0.2, 0.25) is 0 Å². The predicted octanol–water partition coefficient (Wildman–Crippen LogP) is 2.54. The number of hydrogen-bond acceptors (Lipinski definition) is 8. The molecule has 4 rings (SSSR count). The molecule has 9 nitrogen and oxygen atoms in total. The molecule has 1 aliphatic carbocycles. The fraction of sp³-hybridized carbons (Fsp3) is 0.500. The fourth-order valence-electron chi connectivity index (χ4n) is 3.22. The van der Waals surface area contributed by atoms with Crippen LogP contribution in [0.4, 0.5) is 0 Å². The number of rotatable bonds is 7. The normalized spacial score (nSPS) is 15.7. The largest absolute Gasteiger partial charge is 0.472 e. The predicted molar refractivity (Wildman–Crippen MR) is 89.6 cm³/mol. The van der Waals surface area contributed by atoms with Gasteiger partial charge in [-0.05, 0) is 18.4 Å². The van der Waals surface area contributed by atoms with Crippen LogP contribution in [0.1, 0.15) is 43.8 Å². The summed E-state index contributed by atoms with van der Waals surface area (Å²) in [5, 5.41) is 10.1. The summed E-state index contributed by atoms with van der Waals surface area (Å²) >= 11 is 0. The number of hydrogen-bond donors (Lipinski definition) is 1. The highest BCUT2D eigenvalue weighted by atomic mass is 32.2. The van der Waals surface area contributed by atoms with Gasteiger partial charge < -0.3 is 8.94 Å². The standard InChI is InChI=1S/C16H19N5O4S/c22-26(23,10-14-18-15(21-25-14)12-7-8-24-9-12)16-17-13(19-20-16)6-5-11-3-1-2-4-11/h7-9,11H,1-6,10H2,(H,17,19,20). The lowest BCUT2D eigenvalue weighted by molar-refractivity contribution is 0.389. The highest BCUT2D eigenvalue weighted by Gasteiger charge is 2.25. The van der Waals surface area contributed by atoms with Crippen molar-refractivity contribution >= 4 is 9.84 Å². The van der Waals surface area contributed by atoms with Crippen molar-refractivity contribution in [3.63, 3.8) is 0 Å². The van der Waals surface area contributed by atoms with Crippen LogP contribution in [0.5, 0.6) is 0 Å². The number of H-pyrrole nitrogens is 1. The smallest absolute Gasteiger partial charge is 0.267 e. The maximum absolute atomic E-state index is 12.5. The lowest BCUT2D eigenvalue weighted by Crippen LogP contribution is -2.07. The molecule has 3 aromatic rings. The average Bonchev–Trinajstić information content (AvgIpc) is 3.39. The van der Waals surface area contributed by atoms with Gasteiger partial charge in [0.1, 0.15) is 17.8 Å². The third-order valence-electron chi connectivity index (χ3n) is 4.61. The highest BCUT2D eigenvalue weighted by Crippen LogP contribution is 2.28. The third-order valence-corrected chi connectivity index (χ3v) is 5.98. The van der Waals surface area contributed by atoms with Gasteiger partial charge in [-0.25, -0.2) is 13.4 Å². The van der Waals surface area contributed by atoms with Crippen LogP contribution in [-0.4, -0.2) is 33.7 Å². The van der Waals surface area contributed by atoms with E-state index in [0.717, 1.165) is 6.42 Å². The Labute approximate surface area is 150 Å². The second kappa shape index (κ2) is 7.02. The van der Waals surface area contributed by atoms with Crippen molar-refractivity contribution in [1.29, 1.82) is 0 Å². The van der Waals surface area contributed by atoms with Crippen LogP contribution in [-0.2, 0) is 22.0 Å². The van der Waals surface area contributed by atoms with E-state index in [0.29, 0.717) is 23.7 Å². The van der Waals surface area contributed by atoms with Gasteiger partial charge in [0, 0.05) is 6.42 Å². The van der Waals surface area contributed by atoms with E-state index < -0.39 is 15.6 Å². The zero-order chi connectivity index (χ0) is 18.0. The molecule has 1 N–H and O–H groups in total. The van der Waals surface area contributed by atoms with E-state index in [1.165, 1.54) is 38.2 Å². The van der Waals surface area contributed by atoms with E-state index in [-0.39, 0.29) is 16.9 Å². The summed E-state index contributed by atoms with van der Waals surface area (Å²) in [4.78, 5) is 8.21. The first-order chi connectivity index (χ1) is 12.6. The number of nitrogens with zero attached hydrogens (tertiary/aromatic N) is 4. The van der Waals surface area contributed by atoms with Gasteiger partial charge in [0.05, 0.1) is 11.8 Å². The van der Waals surface area contributed by atoms with E-state index in [9.17, 15) is 8.42 Å². The molecule has 1 aliphatic rings. The molecule has 0 aromatic carbocycles. The maximum Gasteiger partial charge on any atom is 0.267 e. The second-order valence-corrected chi connectivity index (χ2v) is 8.42. The first kappa shape index (κ1) is 17.0. The summed E-state index contributed by atoms with van der Waals surface area (Å²) in [6, 6.07) is 1.66. The molecule has 0 spiro atoms. The first-order valence-corrected chi connectivity index (χ1v) is 10.2. The molecule has 0 unspecified atom stereocenters. The molecule has 0 radical (unpaired) electrons. The van der Waals surface area contributed by atoms with Gasteiger partial charge in [-0.3, -0.25) is 5.10 Å². The van der Waals surface area contributed by atoms with Gasteiger partial charge in [0.15, 0.2) is 0 Å². The molecule has 138 valence electrons. The quantitative estimate of drug-likeness (QED) is 0.665. The van der Waals surface area contributed by atoms with Crippen molar-refractivity contribution in [3.05, 3.63) is 30.3 Å². The van der Waals surface area contributed by atoms with E-state index in [1.54, 1.807) is 6.07 Å². The molecular weight excluding hydrogens is 358 g/mol. The summed E-state index contributed by atoms with van der Waals surface area (Å²) in [6.45, 7) is 0. The van der Waals surface area contributed by atoms with Crippen LogP contribution in [0.25, 0.3) is 11.4 Å². The molecule has 10 heteroatoms. The van der Waals surface area contributed by atoms with Crippen LogP contribution < -0.4 is 0 Å². The molecule has 0 atom stereocenters. The Kier molecular flexibility index (Phi) is 4.58. The Hall–Kier alpha value is -2.49. The Morgan fingerprint density at radius 1 is 1.23 bits per heavy atom. The zero-order valence-corrected chi connectivity index (χ0v) is 14.9. The lowest BCUT2D eigenvalue weighted by Gasteiger charge is -2.05. The van der Waals surface area contributed by atoms with E-state index >= 15 is 0 Å². The fourth-order valence-corrected chi connectivity index (χ4v) is 4.22. The second-order valence-electron chi connectivity index (χ2n) is 6.54. The summed E-state index contributed by atoms with van der Waals surface area (Å²) in [7, 11) is -3.76. The monoisotopic (exact) mass is 377 g/mol. The number of furan rings is 1. The number of nitrogens with one attached hydrogen (secondary N) is 1. The van der Waals surface area contributed by atoms with Crippen LogP contribution in [0, 0.1) is 5.92 Å². The average molecular weight is 377 g/mol. The minimum absolute atomic E-state index is 0.0153. The van der Waals surface area contributed by atoms with Gasteiger partial charge in [-0.1, -0.05) is 30.8 Å². The third kappa shape index (κ3) is 3.69. The molecule has 26 heavy (non-hydrogen) atoms. The maximum atomic E-state index is 12.5. The number of sulfone groups is 1. The SMILES string of the molecule is O=S(=O)(Cc1nc(-c2ccoc2)no1)c1n[nH]c(CCC2CCCC2)n1. The molecule has 1 saturated carbocycles. The molecule has 0 aliphatic heterocycles. The molecule has 0 saturated heterocycles. The van der Waals surface area contributed by atoms with Gasteiger partial charge >= 0.3 is 0 Å². The number of aromatic nitrogens is 5. The van der Waals surface area contributed by atoms with Crippen LogP contribution in [0.15, 0.2) is 32.7 Å². The Morgan fingerprint density at radius 2 is 2.08 bits per heavy atom. The van der Waals surface area contributed by atoms with E-state index in [1.807, 2.05) is 0 Å². The Morgan fingerprint density at radius 3 is 2.85 bits per heavy atom. The molecular formula is C16H19N5O4S. The first-order valence-electron chi connectivity index (χ1n) is 8.59. The Balaban J connectivity index is 1.41. The van der Waals surface area contributed by atoms with Crippen molar-refractivity contribution in [3.8, 4) is 11.4 Å². The van der Waals surface area contributed by atoms with Crippen molar-refractivity contribution in [2.24, 2.45) is 5.92 Å². The van der Waals surface area contributed by atoms with Gasteiger partial charge in [0.2, 0.25) is 21.6 Å². The van der Waals surface area contributed by atoms with Crippen molar-refractivity contribution in [2.75, 3.05) is 0 Å². The highest BCUT2D eigenvalue weighted by molar-refractivity contribution is 7.90. The van der Waals surface area contributed by atoms with Crippen molar-refractivity contribution < 1.29 is 17.4 Å². The van der Waals surface area contributed by atoms with Gasteiger partial charge in [-0.15, -0.1) is 5.10 Å². The number of aromatic amines is 1. The van der Waals surface area contributed by atoms with Gasteiger partial charge in [0.25, 0.3) is 5.16 Å². The zero-order valence-electron chi connectivity index (χ0n) is 14.1. The Bertz CT molecular complexity index is 955. The minimum atomic E-state index is -3.76. The summed E-state index contributed by atoms with van der Waals surface area (Å²) in [6.07, 6.45) is 9.70. The molecule has 1 fully saturated rings. The summed E-state index contributed by atoms with van der Waals surface area (Å²) < 4.78 is 34.9. The summed E-state index contributed by atoms with van der Waals surface area (Å²) in [5.74, 6) is 1.12. The van der Waals surface area contributed by atoms with E-state index in [2.05, 4.69) is 25.3 Å². The molecule has 3 aromatic heterocycles. The molecule has 3 heterocycles. The lowest BCUT2D eigenvalue weighted by atomic mass is 10.0. The van der Waals surface area contributed by atoms with Crippen molar-refractivity contribution in [2.45, 2.75) is 49.4 Å². The minimum Gasteiger partial charge on any atom is -0.472 e. The van der Waals surface area contributed by atoms with Crippen LogP contribution in [0.3, 0.4) is 0 Å². The molecule has 0 bridgehead atoms. The number of aryl methyl sites for hydroxylation is 1. The van der Waals surface area contributed by atoms with Crippen LogP contribution >= 0.6 is 0 Å².